The smallest absolute Gasteiger partial charge is 0.475 e. The molecule has 0 heterocycles. The molecule has 10 nitrogen and oxygen atoms in total. The molecule has 13 heteroatoms. The van der Waals surface area contributed by atoms with Gasteiger partial charge in [0, 0.05) is 19.2 Å². The van der Waals surface area contributed by atoms with Crippen molar-refractivity contribution in [1.29, 1.82) is 0 Å². The molecular formula is C25H33F3N4O6. The fraction of sp³-hybridized carbons (Fsp3) is 0.440. The summed E-state index contributed by atoms with van der Waals surface area (Å²) in [6.07, 6.45) is -5.26. The number of alkyl halides is 3. The maximum Gasteiger partial charge on any atom is 0.490 e. The topological polar surface area (TPSA) is 160 Å². The van der Waals surface area contributed by atoms with E-state index in [0.717, 1.165) is 16.3 Å². The van der Waals surface area contributed by atoms with E-state index in [2.05, 4.69) is 16.0 Å². The van der Waals surface area contributed by atoms with Gasteiger partial charge in [-0.2, -0.15) is 13.2 Å². The number of halogens is 3. The van der Waals surface area contributed by atoms with Gasteiger partial charge in [0.1, 0.15) is 6.04 Å². The summed E-state index contributed by atoms with van der Waals surface area (Å²) < 4.78 is 36.8. The molecule has 0 bridgehead atoms. The predicted molar refractivity (Wildman–Crippen MR) is 134 cm³/mol. The molecule has 2 aromatic carbocycles. The third-order valence-electron chi connectivity index (χ3n) is 4.80. The van der Waals surface area contributed by atoms with Crippen molar-refractivity contribution in [3.05, 3.63) is 48.0 Å². The van der Waals surface area contributed by atoms with Crippen LogP contribution in [0.5, 0.6) is 0 Å². The van der Waals surface area contributed by atoms with Crippen LogP contribution in [0.2, 0.25) is 0 Å². The number of nitrogens with one attached hydrogen (secondary N) is 3. The SMILES string of the molecule is COC[C@H](NC(=O)[C@@H](N)CC(=O)NC(C)(C)C)C(=O)NCc1cccc2ccccc12.O=C(O)C(F)(F)F. The van der Waals surface area contributed by atoms with Crippen molar-refractivity contribution < 1.29 is 42.2 Å². The molecule has 2 atom stereocenters. The molecule has 0 saturated heterocycles. The van der Waals surface area contributed by atoms with Gasteiger partial charge in [0.05, 0.1) is 19.1 Å². The molecule has 0 saturated carbocycles. The number of carboxylic acids is 1. The minimum absolute atomic E-state index is 0.0198. The number of fused-ring (bicyclic) bond motifs is 1. The average molecular weight is 543 g/mol. The highest BCUT2D eigenvalue weighted by Crippen LogP contribution is 2.18. The standard InChI is InChI=1S/C23H32N4O4.C2HF3O2/c1-23(2,3)27-20(28)12-18(24)21(29)26-19(14-31-4)22(30)25-13-16-10-7-9-15-8-5-6-11-17(15)16;3-2(4,5)1(6)7/h5-11,18-19H,12-14,24H2,1-4H3,(H,25,30)(H,26,29)(H,27,28);(H,6,7)/t18-,19-;/m0./s1. The molecule has 3 amide bonds. The molecule has 0 aromatic heterocycles. The van der Waals surface area contributed by atoms with Crippen LogP contribution in [0.1, 0.15) is 32.8 Å². The Kier molecular flexibility index (Phi) is 12.2. The van der Waals surface area contributed by atoms with Crippen LogP contribution >= 0.6 is 0 Å². The number of nitrogens with two attached hydrogens (primary N) is 1. The van der Waals surface area contributed by atoms with Crippen molar-refractivity contribution >= 4 is 34.5 Å². The van der Waals surface area contributed by atoms with E-state index < -0.39 is 41.6 Å². The number of carboxylic acid groups (broad SMARTS) is 1. The van der Waals surface area contributed by atoms with Crippen LogP contribution in [0, 0.1) is 0 Å². The van der Waals surface area contributed by atoms with E-state index in [-0.39, 0.29) is 18.9 Å². The van der Waals surface area contributed by atoms with Crippen molar-refractivity contribution in [2.45, 2.75) is 57.5 Å². The van der Waals surface area contributed by atoms with Gasteiger partial charge in [0.2, 0.25) is 17.7 Å². The minimum Gasteiger partial charge on any atom is -0.475 e. The molecule has 0 fully saturated rings. The second-order valence-electron chi connectivity index (χ2n) is 9.28. The first-order chi connectivity index (χ1) is 17.5. The Morgan fingerprint density at radius 1 is 1.00 bits per heavy atom. The molecule has 0 spiro atoms. The largest absolute Gasteiger partial charge is 0.490 e. The van der Waals surface area contributed by atoms with Gasteiger partial charge in [0.15, 0.2) is 0 Å². The van der Waals surface area contributed by atoms with Gasteiger partial charge in [-0.3, -0.25) is 14.4 Å². The van der Waals surface area contributed by atoms with Crippen molar-refractivity contribution in [1.82, 2.24) is 16.0 Å². The summed E-state index contributed by atoms with van der Waals surface area (Å²) in [5.41, 5.74) is 6.40. The lowest BCUT2D eigenvalue weighted by Crippen LogP contribution is -2.54. The van der Waals surface area contributed by atoms with E-state index in [1.54, 1.807) is 0 Å². The van der Waals surface area contributed by atoms with Gasteiger partial charge in [-0.1, -0.05) is 42.5 Å². The van der Waals surface area contributed by atoms with E-state index in [4.69, 9.17) is 20.4 Å². The zero-order chi connectivity index (χ0) is 29.1. The van der Waals surface area contributed by atoms with Crippen LogP contribution < -0.4 is 21.7 Å². The van der Waals surface area contributed by atoms with Crippen LogP contribution in [-0.2, 0) is 30.5 Å². The van der Waals surface area contributed by atoms with Crippen molar-refractivity contribution in [2.24, 2.45) is 5.73 Å². The van der Waals surface area contributed by atoms with Gasteiger partial charge in [-0.15, -0.1) is 0 Å². The number of amides is 3. The minimum atomic E-state index is -5.08. The van der Waals surface area contributed by atoms with Crippen LogP contribution in [0.25, 0.3) is 10.8 Å². The maximum absolute atomic E-state index is 12.7. The van der Waals surface area contributed by atoms with E-state index in [1.165, 1.54) is 7.11 Å². The summed E-state index contributed by atoms with van der Waals surface area (Å²) in [5, 5.41) is 17.4. The first kappa shape index (κ1) is 32.3. The third kappa shape index (κ3) is 11.6. The summed E-state index contributed by atoms with van der Waals surface area (Å²) >= 11 is 0. The van der Waals surface area contributed by atoms with E-state index >= 15 is 0 Å². The number of carbonyl (C=O) groups excluding carboxylic acids is 3. The van der Waals surface area contributed by atoms with Crippen molar-refractivity contribution in [3.8, 4) is 0 Å². The van der Waals surface area contributed by atoms with Crippen LogP contribution in [0.4, 0.5) is 13.2 Å². The monoisotopic (exact) mass is 542 g/mol. The zero-order valence-electron chi connectivity index (χ0n) is 21.5. The molecule has 38 heavy (non-hydrogen) atoms. The van der Waals surface area contributed by atoms with Gasteiger partial charge in [0.25, 0.3) is 0 Å². The highest BCUT2D eigenvalue weighted by molar-refractivity contribution is 5.93. The lowest BCUT2D eigenvalue weighted by atomic mass is 10.0. The van der Waals surface area contributed by atoms with E-state index in [0.29, 0.717) is 6.54 Å². The Bertz CT molecular complexity index is 1110. The van der Waals surface area contributed by atoms with Crippen molar-refractivity contribution in [3.63, 3.8) is 0 Å². The number of carbonyl (C=O) groups is 4. The van der Waals surface area contributed by atoms with Crippen LogP contribution in [-0.4, -0.2) is 66.3 Å². The second-order valence-corrected chi connectivity index (χ2v) is 9.28. The lowest BCUT2D eigenvalue weighted by Gasteiger charge is -2.23. The number of hydrogen-bond donors (Lipinski definition) is 5. The molecule has 2 rings (SSSR count). The summed E-state index contributed by atoms with van der Waals surface area (Å²) in [4.78, 5) is 46.0. The number of aliphatic carboxylic acids is 1. The van der Waals surface area contributed by atoms with Crippen molar-refractivity contribution in [2.75, 3.05) is 13.7 Å². The molecule has 0 aliphatic carbocycles. The van der Waals surface area contributed by atoms with Gasteiger partial charge in [-0.25, -0.2) is 4.79 Å². The number of rotatable bonds is 9. The molecule has 2 aromatic rings. The second kappa shape index (κ2) is 14.3. The Labute approximate surface area is 218 Å². The summed E-state index contributed by atoms with van der Waals surface area (Å²) in [6, 6.07) is 11.8. The first-order valence-electron chi connectivity index (χ1n) is 11.5. The predicted octanol–water partition coefficient (Wildman–Crippen LogP) is 1.85. The molecule has 0 unspecified atom stereocenters. The first-order valence-corrected chi connectivity index (χ1v) is 11.5. The summed E-state index contributed by atoms with van der Waals surface area (Å²) in [6.45, 7) is 5.80. The van der Waals surface area contributed by atoms with Gasteiger partial charge in [-0.05, 0) is 37.1 Å². The highest BCUT2D eigenvalue weighted by Gasteiger charge is 2.38. The zero-order valence-corrected chi connectivity index (χ0v) is 21.5. The quantitative estimate of drug-likeness (QED) is 0.323. The highest BCUT2D eigenvalue weighted by atomic mass is 19.4. The van der Waals surface area contributed by atoms with Crippen LogP contribution in [0.3, 0.4) is 0 Å². The Morgan fingerprint density at radius 2 is 1.58 bits per heavy atom. The maximum atomic E-state index is 12.7. The number of methoxy groups -OCH3 is 1. The Hall–Kier alpha value is -3.71. The molecular weight excluding hydrogens is 509 g/mol. The molecule has 0 radical (unpaired) electrons. The number of benzene rings is 2. The Balaban J connectivity index is 0.000000905. The van der Waals surface area contributed by atoms with Gasteiger partial charge >= 0.3 is 12.1 Å². The van der Waals surface area contributed by atoms with E-state index in [9.17, 15) is 27.6 Å². The number of hydrogen-bond acceptors (Lipinski definition) is 6. The Morgan fingerprint density at radius 3 is 2.13 bits per heavy atom. The fourth-order valence-electron chi connectivity index (χ4n) is 3.14. The molecule has 6 N–H and O–H groups in total. The normalized spacial score (nSPS) is 12.9. The fourth-order valence-corrected chi connectivity index (χ4v) is 3.14. The molecule has 210 valence electrons. The average Bonchev–Trinajstić information content (AvgIpc) is 2.80. The third-order valence-corrected chi connectivity index (χ3v) is 4.80. The lowest BCUT2D eigenvalue weighted by molar-refractivity contribution is -0.192. The molecule has 0 aliphatic heterocycles. The molecule has 0 aliphatic rings. The van der Waals surface area contributed by atoms with Crippen LogP contribution in [0.15, 0.2) is 42.5 Å². The van der Waals surface area contributed by atoms with Gasteiger partial charge < -0.3 is 31.5 Å². The summed E-state index contributed by atoms with van der Waals surface area (Å²) in [7, 11) is 1.44. The van der Waals surface area contributed by atoms with E-state index in [1.807, 2.05) is 63.2 Å². The number of ether oxygens (including phenoxy) is 1. The summed E-state index contributed by atoms with van der Waals surface area (Å²) in [5.74, 6) is -4.08.